The zero-order chi connectivity index (χ0) is 12.1. The smallest absolute Gasteiger partial charge is 0.0762 e. The molecule has 0 bridgehead atoms. The predicted octanol–water partition coefficient (Wildman–Crippen LogP) is 3.16. The lowest BCUT2D eigenvalue weighted by molar-refractivity contribution is 0.199. The summed E-state index contributed by atoms with van der Waals surface area (Å²) in [6, 6.07) is 6.03. The molecule has 0 radical (unpaired) electrons. The van der Waals surface area contributed by atoms with Gasteiger partial charge in [0.2, 0.25) is 0 Å². The third-order valence-electron chi connectivity index (χ3n) is 2.23. The van der Waals surface area contributed by atoms with E-state index in [1.54, 1.807) is 6.92 Å². The Hall–Kier alpha value is -0.0300. The van der Waals surface area contributed by atoms with Gasteiger partial charge >= 0.3 is 0 Å². The molecule has 4 heteroatoms. The molecule has 1 atom stereocenters. The quantitative estimate of drug-likeness (QED) is 0.845. The zero-order valence-corrected chi connectivity index (χ0v) is 12.3. The second-order valence-corrected chi connectivity index (χ2v) is 6.01. The van der Waals surface area contributed by atoms with Crippen LogP contribution in [0.25, 0.3) is 0 Å². The normalized spacial score (nSPS) is 13.1. The van der Waals surface area contributed by atoms with Crippen LogP contribution in [-0.4, -0.2) is 36.4 Å². The first kappa shape index (κ1) is 14.0. The standard InChI is InChI=1S/C12H18BrNOS/c1-9(15)10-4-5-12(11(13)8-10)16-7-6-14(2)3/h4-5,8-9,15H,6-7H2,1-3H3/t9-/m1/s1. The summed E-state index contributed by atoms with van der Waals surface area (Å²) in [6.07, 6.45) is -0.405. The van der Waals surface area contributed by atoms with Gasteiger partial charge in [0.05, 0.1) is 6.10 Å². The molecule has 1 N–H and O–H groups in total. The minimum absolute atomic E-state index is 0.405. The van der Waals surface area contributed by atoms with Gasteiger partial charge < -0.3 is 10.0 Å². The Morgan fingerprint density at radius 3 is 2.62 bits per heavy atom. The molecule has 1 aromatic carbocycles. The van der Waals surface area contributed by atoms with Gasteiger partial charge in [-0.3, -0.25) is 0 Å². The average Bonchev–Trinajstić information content (AvgIpc) is 2.19. The van der Waals surface area contributed by atoms with E-state index < -0.39 is 6.10 Å². The summed E-state index contributed by atoms with van der Waals surface area (Å²) < 4.78 is 1.06. The van der Waals surface area contributed by atoms with Crippen molar-refractivity contribution in [2.45, 2.75) is 17.9 Å². The Balaban J connectivity index is 2.61. The van der Waals surface area contributed by atoms with Gasteiger partial charge in [0.1, 0.15) is 0 Å². The Morgan fingerprint density at radius 1 is 1.44 bits per heavy atom. The highest BCUT2D eigenvalue weighted by atomic mass is 79.9. The van der Waals surface area contributed by atoms with Gasteiger partial charge in [-0.05, 0) is 54.6 Å². The topological polar surface area (TPSA) is 23.5 Å². The van der Waals surface area contributed by atoms with Crippen LogP contribution in [0.4, 0.5) is 0 Å². The van der Waals surface area contributed by atoms with Crippen molar-refractivity contribution in [2.75, 3.05) is 26.4 Å². The van der Waals surface area contributed by atoms with E-state index in [9.17, 15) is 5.11 Å². The van der Waals surface area contributed by atoms with Gasteiger partial charge in [0.15, 0.2) is 0 Å². The maximum Gasteiger partial charge on any atom is 0.0762 e. The number of halogens is 1. The maximum atomic E-state index is 9.45. The van der Waals surface area contributed by atoms with E-state index in [4.69, 9.17) is 0 Å². The van der Waals surface area contributed by atoms with E-state index in [-0.39, 0.29) is 0 Å². The van der Waals surface area contributed by atoms with Crippen molar-refractivity contribution in [1.29, 1.82) is 0 Å². The van der Waals surface area contributed by atoms with Crippen LogP contribution in [0.15, 0.2) is 27.6 Å². The molecule has 0 heterocycles. The predicted molar refractivity (Wildman–Crippen MR) is 74.1 cm³/mol. The Bertz CT molecular complexity index is 342. The number of aliphatic hydroxyl groups is 1. The van der Waals surface area contributed by atoms with Crippen molar-refractivity contribution in [3.63, 3.8) is 0 Å². The molecule has 16 heavy (non-hydrogen) atoms. The average molecular weight is 304 g/mol. The third-order valence-corrected chi connectivity index (χ3v) is 4.21. The first-order chi connectivity index (χ1) is 7.50. The summed E-state index contributed by atoms with van der Waals surface area (Å²) in [6.45, 7) is 2.84. The molecule has 1 rings (SSSR count). The summed E-state index contributed by atoms with van der Waals surface area (Å²) in [4.78, 5) is 3.40. The van der Waals surface area contributed by atoms with E-state index >= 15 is 0 Å². The first-order valence-corrected chi connectivity index (χ1v) is 7.03. The Kier molecular flexibility index (Phi) is 5.83. The van der Waals surface area contributed by atoms with E-state index in [1.165, 1.54) is 4.90 Å². The molecule has 0 aliphatic heterocycles. The van der Waals surface area contributed by atoms with Gasteiger partial charge in [0, 0.05) is 21.7 Å². The molecule has 0 aromatic heterocycles. The monoisotopic (exact) mass is 303 g/mol. The number of benzene rings is 1. The molecule has 0 saturated heterocycles. The number of thioether (sulfide) groups is 1. The maximum absolute atomic E-state index is 9.45. The van der Waals surface area contributed by atoms with Crippen molar-refractivity contribution < 1.29 is 5.11 Å². The van der Waals surface area contributed by atoms with Crippen LogP contribution in [0.5, 0.6) is 0 Å². The lowest BCUT2D eigenvalue weighted by Gasteiger charge is -2.11. The summed E-state index contributed by atoms with van der Waals surface area (Å²) in [5.41, 5.74) is 0.948. The van der Waals surface area contributed by atoms with Crippen molar-refractivity contribution in [3.05, 3.63) is 28.2 Å². The summed E-state index contributed by atoms with van der Waals surface area (Å²) in [7, 11) is 4.15. The van der Waals surface area contributed by atoms with Crippen LogP contribution in [-0.2, 0) is 0 Å². The molecule has 2 nitrogen and oxygen atoms in total. The van der Waals surface area contributed by atoms with Crippen molar-refractivity contribution in [3.8, 4) is 0 Å². The fourth-order valence-electron chi connectivity index (χ4n) is 1.23. The van der Waals surface area contributed by atoms with E-state index in [2.05, 4.69) is 41.0 Å². The van der Waals surface area contributed by atoms with E-state index in [0.717, 1.165) is 22.3 Å². The van der Waals surface area contributed by atoms with Crippen LogP contribution in [0.3, 0.4) is 0 Å². The highest BCUT2D eigenvalue weighted by Gasteiger charge is 2.05. The fraction of sp³-hybridized carbons (Fsp3) is 0.500. The number of rotatable bonds is 5. The minimum atomic E-state index is -0.405. The number of aliphatic hydroxyl groups excluding tert-OH is 1. The van der Waals surface area contributed by atoms with Crippen LogP contribution in [0.1, 0.15) is 18.6 Å². The Morgan fingerprint density at radius 2 is 2.12 bits per heavy atom. The van der Waals surface area contributed by atoms with Crippen molar-refractivity contribution in [2.24, 2.45) is 0 Å². The second-order valence-electron chi connectivity index (χ2n) is 4.02. The number of hydrogen-bond acceptors (Lipinski definition) is 3. The highest BCUT2D eigenvalue weighted by Crippen LogP contribution is 2.29. The molecule has 0 amide bonds. The van der Waals surface area contributed by atoms with E-state index in [0.29, 0.717) is 0 Å². The summed E-state index contributed by atoms with van der Waals surface area (Å²) in [5.74, 6) is 1.07. The lowest BCUT2D eigenvalue weighted by atomic mass is 10.1. The Labute approximate surface area is 110 Å². The SMILES string of the molecule is C[C@@H](O)c1ccc(SCCN(C)C)c(Br)c1. The fourth-order valence-corrected chi connectivity index (χ4v) is 3.01. The summed E-state index contributed by atoms with van der Waals surface area (Å²) in [5, 5.41) is 9.45. The molecule has 90 valence electrons. The van der Waals surface area contributed by atoms with Gasteiger partial charge in [-0.25, -0.2) is 0 Å². The van der Waals surface area contributed by atoms with Crippen LogP contribution < -0.4 is 0 Å². The van der Waals surface area contributed by atoms with Crippen molar-refractivity contribution >= 4 is 27.7 Å². The molecule has 0 spiro atoms. The largest absolute Gasteiger partial charge is 0.389 e. The van der Waals surface area contributed by atoms with Gasteiger partial charge in [-0.2, -0.15) is 0 Å². The van der Waals surface area contributed by atoms with Gasteiger partial charge in [0.25, 0.3) is 0 Å². The molecule has 1 aromatic rings. The van der Waals surface area contributed by atoms with Crippen LogP contribution in [0, 0.1) is 0 Å². The zero-order valence-electron chi connectivity index (χ0n) is 9.90. The molecule has 0 saturated carbocycles. The number of hydrogen-bond donors (Lipinski definition) is 1. The molecular formula is C12H18BrNOS. The van der Waals surface area contributed by atoms with Crippen LogP contribution in [0.2, 0.25) is 0 Å². The lowest BCUT2D eigenvalue weighted by Crippen LogP contribution is -2.14. The number of nitrogens with zero attached hydrogens (tertiary/aromatic N) is 1. The van der Waals surface area contributed by atoms with Gasteiger partial charge in [-0.15, -0.1) is 11.8 Å². The van der Waals surface area contributed by atoms with Crippen LogP contribution >= 0.6 is 27.7 Å². The molecule has 0 unspecified atom stereocenters. The van der Waals surface area contributed by atoms with E-state index in [1.807, 2.05) is 23.9 Å². The molecular weight excluding hydrogens is 286 g/mol. The highest BCUT2D eigenvalue weighted by molar-refractivity contribution is 9.10. The van der Waals surface area contributed by atoms with Crippen molar-refractivity contribution in [1.82, 2.24) is 4.90 Å². The first-order valence-electron chi connectivity index (χ1n) is 5.25. The summed E-state index contributed by atoms with van der Waals surface area (Å²) >= 11 is 5.36. The minimum Gasteiger partial charge on any atom is -0.389 e. The van der Waals surface area contributed by atoms with Gasteiger partial charge in [-0.1, -0.05) is 6.07 Å². The molecule has 0 fully saturated rings. The second kappa shape index (κ2) is 6.64. The third kappa shape index (κ3) is 4.45. The molecule has 0 aliphatic carbocycles. The molecule has 0 aliphatic rings.